The molecular formula is C6H12Cl2N2O. The molecule has 0 aliphatic rings. The van der Waals surface area contributed by atoms with Crippen molar-refractivity contribution in [1.29, 1.82) is 0 Å². The highest BCUT2D eigenvalue weighted by Crippen LogP contribution is 1.90. The number of carbonyl (C=O) groups is 1. The van der Waals surface area contributed by atoms with E-state index in [9.17, 15) is 4.79 Å². The second-order valence-corrected chi connectivity index (χ2v) is 2.88. The Balaban J connectivity index is 3.59. The van der Waals surface area contributed by atoms with Crippen LogP contribution in [-0.4, -0.2) is 42.2 Å². The summed E-state index contributed by atoms with van der Waals surface area (Å²) < 4.78 is 0. The van der Waals surface area contributed by atoms with Gasteiger partial charge in [-0.05, 0) is 0 Å². The van der Waals surface area contributed by atoms with Gasteiger partial charge in [0.05, 0.1) is 6.54 Å². The van der Waals surface area contributed by atoms with Crippen LogP contribution < -0.4 is 5.73 Å². The lowest BCUT2D eigenvalue weighted by atomic mass is 10.4. The molecule has 0 unspecified atom stereocenters. The zero-order chi connectivity index (χ0) is 8.69. The summed E-state index contributed by atoms with van der Waals surface area (Å²) in [5.74, 6) is 0.633. The minimum absolute atomic E-state index is 0.236. The largest absolute Gasteiger partial charge is 0.369 e. The fraction of sp³-hybridized carbons (Fsp3) is 0.833. The normalized spacial score (nSPS) is 10.5. The van der Waals surface area contributed by atoms with Gasteiger partial charge in [0, 0.05) is 24.8 Å². The molecule has 0 bridgehead atoms. The molecule has 3 nitrogen and oxygen atoms in total. The number of rotatable bonds is 6. The number of alkyl halides is 2. The summed E-state index contributed by atoms with van der Waals surface area (Å²) in [6.07, 6.45) is 0. The van der Waals surface area contributed by atoms with Crippen LogP contribution >= 0.6 is 23.2 Å². The summed E-state index contributed by atoms with van der Waals surface area (Å²) in [7, 11) is 0. The van der Waals surface area contributed by atoms with Gasteiger partial charge in [0.15, 0.2) is 0 Å². The minimum atomic E-state index is -0.347. The maximum Gasteiger partial charge on any atom is 0.231 e. The highest BCUT2D eigenvalue weighted by molar-refractivity contribution is 6.18. The summed E-state index contributed by atoms with van der Waals surface area (Å²) in [5, 5.41) is 0. The van der Waals surface area contributed by atoms with Gasteiger partial charge in [-0.15, -0.1) is 23.2 Å². The number of hydrogen-bond donors (Lipinski definition) is 1. The third-order valence-electron chi connectivity index (χ3n) is 1.18. The lowest BCUT2D eigenvalue weighted by Crippen LogP contribution is -2.36. The van der Waals surface area contributed by atoms with Crippen molar-refractivity contribution in [2.75, 3.05) is 31.4 Å². The first-order valence-electron chi connectivity index (χ1n) is 3.33. The van der Waals surface area contributed by atoms with Gasteiger partial charge in [0.1, 0.15) is 0 Å². The minimum Gasteiger partial charge on any atom is -0.369 e. The predicted molar refractivity (Wildman–Crippen MR) is 47.1 cm³/mol. The first-order chi connectivity index (χ1) is 5.20. The van der Waals surface area contributed by atoms with Crippen LogP contribution in [0.15, 0.2) is 0 Å². The number of carbonyl (C=O) groups excluding carboxylic acids is 1. The van der Waals surface area contributed by atoms with Crippen LogP contribution in [0, 0.1) is 0 Å². The third-order valence-corrected chi connectivity index (χ3v) is 1.52. The Morgan fingerprint density at radius 1 is 1.27 bits per heavy atom. The molecule has 5 heteroatoms. The van der Waals surface area contributed by atoms with E-state index in [0.717, 1.165) is 0 Å². The van der Waals surface area contributed by atoms with Crippen LogP contribution in [-0.2, 0) is 4.79 Å². The van der Waals surface area contributed by atoms with Crippen LogP contribution in [0.5, 0.6) is 0 Å². The first-order valence-corrected chi connectivity index (χ1v) is 4.40. The lowest BCUT2D eigenvalue weighted by Gasteiger charge is -2.17. The van der Waals surface area contributed by atoms with E-state index in [1.54, 1.807) is 0 Å². The molecule has 0 rings (SSSR count). The van der Waals surface area contributed by atoms with E-state index in [1.165, 1.54) is 0 Å². The number of primary amides is 1. The highest BCUT2D eigenvalue weighted by Gasteiger charge is 2.05. The van der Waals surface area contributed by atoms with Crippen LogP contribution in [0.25, 0.3) is 0 Å². The summed E-state index contributed by atoms with van der Waals surface area (Å²) in [5.41, 5.74) is 4.99. The standard InChI is InChI=1S/C6H12Cl2N2O/c7-1-3-10(4-2-8)5-6(9)11/h1-5H2,(H2,9,11). The monoisotopic (exact) mass is 198 g/mol. The number of nitrogens with two attached hydrogens (primary N) is 1. The van der Waals surface area contributed by atoms with Crippen molar-refractivity contribution >= 4 is 29.1 Å². The molecule has 0 saturated carbocycles. The maximum absolute atomic E-state index is 10.5. The molecule has 0 aliphatic heterocycles. The van der Waals surface area contributed by atoms with E-state index < -0.39 is 0 Å². The van der Waals surface area contributed by atoms with Gasteiger partial charge in [-0.2, -0.15) is 0 Å². The Kier molecular flexibility index (Phi) is 6.71. The molecule has 0 aromatic heterocycles. The number of halogens is 2. The SMILES string of the molecule is NC(=O)CN(CCCl)CCCl. The van der Waals surface area contributed by atoms with E-state index >= 15 is 0 Å². The fourth-order valence-electron chi connectivity index (χ4n) is 0.729. The van der Waals surface area contributed by atoms with Crippen molar-refractivity contribution < 1.29 is 4.79 Å². The Hall–Kier alpha value is 0.01000. The number of hydrogen-bond acceptors (Lipinski definition) is 2. The van der Waals surface area contributed by atoms with Gasteiger partial charge < -0.3 is 5.73 Å². The zero-order valence-electron chi connectivity index (χ0n) is 6.22. The molecule has 0 heterocycles. The van der Waals surface area contributed by atoms with Crippen molar-refractivity contribution in [1.82, 2.24) is 4.90 Å². The average molecular weight is 199 g/mol. The van der Waals surface area contributed by atoms with Crippen molar-refractivity contribution in [2.24, 2.45) is 5.73 Å². The lowest BCUT2D eigenvalue weighted by molar-refractivity contribution is -0.119. The molecule has 0 spiro atoms. The van der Waals surface area contributed by atoms with E-state index in [2.05, 4.69) is 0 Å². The molecule has 0 aromatic rings. The third kappa shape index (κ3) is 6.41. The van der Waals surface area contributed by atoms with Crippen molar-refractivity contribution in [3.05, 3.63) is 0 Å². The van der Waals surface area contributed by atoms with Crippen molar-refractivity contribution in [2.45, 2.75) is 0 Å². The average Bonchev–Trinajstić information content (AvgIpc) is 1.87. The Labute approximate surface area is 76.4 Å². The Morgan fingerprint density at radius 2 is 1.73 bits per heavy atom. The van der Waals surface area contributed by atoms with Crippen molar-refractivity contribution in [3.8, 4) is 0 Å². The molecule has 0 aromatic carbocycles. The summed E-state index contributed by atoms with van der Waals surface area (Å²) in [4.78, 5) is 12.3. The number of nitrogens with zero attached hydrogens (tertiary/aromatic N) is 1. The van der Waals surface area contributed by atoms with E-state index in [0.29, 0.717) is 24.8 Å². The quantitative estimate of drug-likeness (QED) is 0.623. The number of amides is 1. The summed E-state index contributed by atoms with van der Waals surface area (Å²) in [6.45, 7) is 1.54. The molecule has 11 heavy (non-hydrogen) atoms. The maximum atomic E-state index is 10.5. The fourth-order valence-corrected chi connectivity index (χ4v) is 1.21. The predicted octanol–water partition coefficient (Wildman–Crippen LogP) is 0.251. The van der Waals surface area contributed by atoms with E-state index in [4.69, 9.17) is 28.9 Å². The second kappa shape index (κ2) is 6.70. The molecule has 66 valence electrons. The molecule has 0 saturated heterocycles. The first kappa shape index (κ1) is 11.0. The molecular weight excluding hydrogens is 187 g/mol. The molecule has 0 fully saturated rings. The van der Waals surface area contributed by atoms with E-state index in [-0.39, 0.29) is 12.5 Å². The van der Waals surface area contributed by atoms with Crippen LogP contribution in [0.4, 0.5) is 0 Å². The van der Waals surface area contributed by atoms with Gasteiger partial charge in [-0.1, -0.05) is 0 Å². The molecule has 1 amide bonds. The van der Waals surface area contributed by atoms with Crippen LogP contribution in [0.3, 0.4) is 0 Å². The summed E-state index contributed by atoms with van der Waals surface area (Å²) >= 11 is 11.0. The Morgan fingerprint density at radius 3 is 2.00 bits per heavy atom. The van der Waals surface area contributed by atoms with Gasteiger partial charge in [0.2, 0.25) is 5.91 Å². The zero-order valence-corrected chi connectivity index (χ0v) is 7.74. The van der Waals surface area contributed by atoms with Gasteiger partial charge in [-0.25, -0.2) is 0 Å². The van der Waals surface area contributed by atoms with E-state index in [1.807, 2.05) is 4.90 Å². The molecule has 2 N–H and O–H groups in total. The second-order valence-electron chi connectivity index (χ2n) is 2.12. The van der Waals surface area contributed by atoms with Crippen LogP contribution in [0.2, 0.25) is 0 Å². The smallest absolute Gasteiger partial charge is 0.231 e. The van der Waals surface area contributed by atoms with Crippen molar-refractivity contribution in [3.63, 3.8) is 0 Å². The van der Waals surface area contributed by atoms with Gasteiger partial charge >= 0.3 is 0 Å². The Bertz CT molecular complexity index is 115. The molecule has 0 aliphatic carbocycles. The molecule has 0 radical (unpaired) electrons. The topological polar surface area (TPSA) is 46.3 Å². The van der Waals surface area contributed by atoms with Gasteiger partial charge in [-0.3, -0.25) is 9.69 Å². The van der Waals surface area contributed by atoms with Crippen LogP contribution in [0.1, 0.15) is 0 Å². The highest BCUT2D eigenvalue weighted by atomic mass is 35.5. The molecule has 0 atom stereocenters. The summed E-state index contributed by atoms with van der Waals surface area (Å²) in [6, 6.07) is 0. The van der Waals surface area contributed by atoms with Gasteiger partial charge in [0.25, 0.3) is 0 Å².